The van der Waals surface area contributed by atoms with Gasteiger partial charge in [0.15, 0.2) is 0 Å². The quantitative estimate of drug-likeness (QED) is 0.554. The minimum absolute atomic E-state index is 0.390. The molecule has 0 fully saturated rings. The van der Waals surface area contributed by atoms with Gasteiger partial charge in [-0.3, -0.25) is 0 Å². The molecule has 2 aromatic rings. The van der Waals surface area contributed by atoms with Gasteiger partial charge in [-0.05, 0) is 47.5 Å². The predicted molar refractivity (Wildman–Crippen MR) is 87.9 cm³/mol. The van der Waals surface area contributed by atoms with Crippen molar-refractivity contribution in [2.24, 2.45) is 0 Å². The minimum Gasteiger partial charge on any atom is -0.309 e. The smallest absolute Gasteiger partial charge is 0.0542 e. The van der Waals surface area contributed by atoms with Crippen LogP contribution in [0.2, 0.25) is 10.0 Å². The van der Waals surface area contributed by atoms with Gasteiger partial charge in [-0.2, -0.15) is 11.3 Å². The van der Waals surface area contributed by atoms with Gasteiger partial charge in [0.2, 0.25) is 0 Å². The first kappa shape index (κ1) is 15.2. The molecule has 1 N–H and O–H groups in total. The SMILES string of the molecule is CC(NCCSc1cc(Cl)ccc1Cl)c1ccsc1. The Balaban J connectivity index is 1.76. The van der Waals surface area contributed by atoms with Crippen molar-refractivity contribution in [3.8, 4) is 0 Å². The molecule has 1 unspecified atom stereocenters. The zero-order chi connectivity index (χ0) is 13.7. The molecule has 1 atom stereocenters. The Morgan fingerprint density at radius 1 is 1.32 bits per heavy atom. The largest absolute Gasteiger partial charge is 0.309 e. The maximum absolute atomic E-state index is 6.12. The van der Waals surface area contributed by atoms with Crippen molar-refractivity contribution in [2.45, 2.75) is 17.9 Å². The topological polar surface area (TPSA) is 12.0 Å². The summed E-state index contributed by atoms with van der Waals surface area (Å²) in [5.74, 6) is 0.967. The van der Waals surface area contributed by atoms with E-state index in [0.29, 0.717) is 6.04 Å². The first-order valence-electron chi connectivity index (χ1n) is 6.00. The number of hydrogen-bond donors (Lipinski definition) is 1. The molecule has 2 rings (SSSR count). The monoisotopic (exact) mass is 331 g/mol. The molecule has 102 valence electrons. The van der Waals surface area contributed by atoms with Crippen LogP contribution in [0.15, 0.2) is 39.9 Å². The van der Waals surface area contributed by atoms with E-state index < -0.39 is 0 Å². The molecule has 0 saturated carbocycles. The Labute approximate surface area is 132 Å². The summed E-state index contributed by atoms with van der Waals surface area (Å²) in [5.41, 5.74) is 1.34. The zero-order valence-electron chi connectivity index (χ0n) is 10.5. The highest BCUT2D eigenvalue weighted by Gasteiger charge is 2.05. The number of thioether (sulfide) groups is 1. The van der Waals surface area contributed by atoms with Crippen LogP contribution in [0.3, 0.4) is 0 Å². The Bertz CT molecular complexity index is 514. The Kier molecular flexibility index (Phi) is 6.05. The maximum Gasteiger partial charge on any atom is 0.0542 e. The lowest BCUT2D eigenvalue weighted by Gasteiger charge is -2.12. The van der Waals surface area contributed by atoms with Gasteiger partial charge in [0.05, 0.1) is 5.02 Å². The fourth-order valence-electron chi connectivity index (χ4n) is 1.66. The van der Waals surface area contributed by atoms with Gasteiger partial charge in [-0.25, -0.2) is 0 Å². The molecule has 5 heteroatoms. The minimum atomic E-state index is 0.390. The summed E-state index contributed by atoms with van der Waals surface area (Å²) in [4.78, 5) is 1.04. The molecule has 0 aliphatic heterocycles. The Morgan fingerprint density at radius 3 is 2.89 bits per heavy atom. The van der Waals surface area contributed by atoms with Crippen molar-refractivity contribution >= 4 is 46.3 Å². The molecule has 0 aliphatic carbocycles. The van der Waals surface area contributed by atoms with Crippen molar-refractivity contribution in [1.82, 2.24) is 5.32 Å². The highest BCUT2D eigenvalue weighted by atomic mass is 35.5. The molecule has 19 heavy (non-hydrogen) atoms. The fraction of sp³-hybridized carbons (Fsp3) is 0.286. The lowest BCUT2D eigenvalue weighted by Crippen LogP contribution is -2.20. The van der Waals surface area contributed by atoms with Crippen LogP contribution in [0, 0.1) is 0 Å². The van der Waals surface area contributed by atoms with Crippen LogP contribution < -0.4 is 5.32 Å². The molecule has 1 nitrogen and oxygen atoms in total. The molecule has 1 heterocycles. The average Bonchev–Trinajstić information content (AvgIpc) is 2.92. The molecule has 0 bridgehead atoms. The summed E-state index contributed by atoms with van der Waals surface area (Å²) < 4.78 is 0. The molecule has 0 saturated heterocycles. The lowest BCUT2D eigenvalue weighted by atomic mass is 10.2. The number of thiophene rings is 1. The van der Waals surface area contributed by atoms with Crippen LogP contribution in [0.4, 0.5) is 0 Å². The third kappa shape index (κ3) is 4.69. The van der Waals surface area contributed by atoms with E-state index in [2.05, 4.69) is 29.1 Å². The molecule has 0 aliphatic rings. The van der Waals surface area contributed by atoms with Crippen molar-refractivity contribution in [3.63, 3.8) is 0 Å². The van der Waals surface area contributed by atoms with Crippen LogP contribution in [0.25, 0.3) is 0 Å². The molecule has 1 aromatic carbocycles. The molecular weight excluding hydrogens is 317 g/mol. The van der Waals surface area contributed by atoms with Gasteiger partial charge >= 0.3 is 0 Å². The second-order valence-corrected chi connectivity index (χ2v) is 6.92. The summed E-state index contributed by atoms with van der Waals surface area (Å²) in [6, 6.07) is 8.11. The highest BCUT2D eigenvalue weighted by Crippen LogP contribution is 2.29. The van der Waals surface area contributed by atoms with E-state index in [1.807, 2.05) is 18.2 Å². The molecule has 1 aromatic heterocycles. The first-order chi connectivity index (χ1) is 9.16. The lowest BCUT2D eigenvalue weighted by molar-refractivity contribution is 0.603. The van der Waals surface area contributed by atoms with Crippen LogP contribution in [0.5, 0.6) is 0 Å². The van der Waals surface area contributed by atoms with Crippen molar-refractivity contribution < 1.29 is 0 Å². The van der Waals surface area contributed by atoms with Crippen molar-refractivity contribution in [2.75, 3.05) is 12.3 Å². The van der Waals surface area contributed by atoms with E-state index in [0.717, 1.165) is 27.2 Å². The van der Waals surface area contributed by atoms with Gasteiger partial charge in [-0.15, -0.1) is 11.8 Å². The summed E-state index contributed by atoms with van der Waals surface area (Å²) in [7, 11) is 0. The van der Waals surface area contributed by atoms with Gasteiger partial charge in [0.1, 0.15) is 0 Å². The Morgan fingerprint density at radius 2 is 2.16 bits per heavy atom. The molecule has 0 spiro atoms. The van der Waals surface area contributed by atoms with Crippen LogP contribution in [-0.2, 0) is 0 Å². The van der Waals surface area contributed by atoms with E-state index in [4.69, 9.17) is 23.2 Å². The average molecular weight is 332 g/mol. The van der Waals surface area contributed by atoms with Gasteiger partial charge in [0, 0.05) is 28.3 Å². The maximum atomic E-state index is 6.12. The number of halogens is 2. The van der Waals surface area contributed by atoms with E-state index in [1.54, 1.807) is 23.1 Å². The summed E-state index contributed by atoms with van der Waals surface area (Å²) in [6.45, 7) is 3.11. The fourth-order valence-corrected chi connectivity index (χ4v) is 3.79. The second-order valence-electron chi connectivity index (χ2n) is 4.16. The number of nitrogens with one attached hydrogen (secondary N) is 1. The second kappa shape index (κ2) is 7.55. The van der Waals surface area contributed by atoms with Gasteiger partial charge < -0.3 is 5.32 Å². The molecule has 0 radical (unpaired) electrons. The van der Waals surface area contributed by atoms with Gasteiger partial charge in [-0.1, -0.05) is 23.2 Å². The van der Waals surface area contributed by atoms with Crippen LogP contribution in [0.1, 0.15) is 18.5 Å². The van der Waals surface area contributed by atoms with E-state index in [9.17, 15) is 0 Å². The molecular formula is C14H15Cl2NS2. The number of rotatable bonds is 6. The third-order valence-corrected chi connectivity index (χ3v) is 5.18. The van der Waals surface area contributed by atoms with Crippen molar-refractivity contribution in [3.05, 3.63) is 50.6 Å². The predicted octanol–water partition coefficient (Wildman–Crippen LogP) is 5.50. The standard InChI is InChI=1S/C14H15Cl2NS2/c1-10(11-4-6-18-9-11)17-5-7-19-14-8-12(15)2-3-13(14)16/h2-4,6,8-10,17H,5,7H2,1H3. The van der Waals surface area contributed by atoms with E-state index >= 15 is 0 Å². The van der Waals surface area contributed by atoms with E-state index in [-0.39, 0.29) is 0 Å². The number of benzene rings is 1. The summed E-state index contributed by atoms with van der Waals surface area (Å²) in [6.07, 6.45) is 0. The third-order valence-electron chi connectivity index (χ3n) is 2.75. The number of hydrogen-bond acceptors (Lipinski definition) is 3. The van der Waals surface area contributed by atoms with Crippen LogP contribution in [-0.4, -0.2) is 12.3 Å². The normalized spacial score (nSPS) is 12.6. The van der Waals surface area contributed by atoms with Crippen LogP contribution >= 0.6 is 46.3 Å². The van der Waals surface area contributed by atoms with E-state index in [1.165, 1.54) is 5.56 Å². The molecule has 0 amide bonds. The first-order valence-corrected chi connectivity index (χ1v) is 8.68. The Hall–Kier alpha value is -0.190. The highest BCUT2D eigenvalue weighted by molar-refractivity contribution is 7.99. The van der Waals surface area contributed by atoms with Gasteiger partial charge in [0.25, 0.3) is 0 Å². The zero-order valence-corrected chi connectivity index (χ0v) is 13.7. The summed E-state index contributed by atoms with van der Waals surface area (Å²) >= 11 is 15.5. The summed E-state index contributed by atoms with van der Waals surface area (Å²) in [5, 5.41) is 9.28. The van der Waals surface area contributed by atoms with Crippen molar-refractivity contribution in [1.29, 1.82) is 0 Å².